The SMILES string of the molecule is c1ccc(N(c2ccc(-c3cc4ccccc4c4ccc5ccccc5c34)cc2)c2ccc3ccc4c5ccccc5sc4c3c2)cc1. The summed E-state index contributed by atoms with van der Waals surface area (Å²) in [7, 11) is 0. The van der Waals surface area contributed by atoms with E-state index >= 15 is 0 Å². The van der Waals surface area contributed by atoms with Crippen LogP contribution in [0.15, 0.2) is 176 Å². The van der Waals surface area contributed by atoms with Gasteiger partial charge in [-0.15, -0.1) is 11.3 Å². The quantitative estimate of drug-likeness (QED) is 0.176. The molecule has 0 bridgehead atoms. The molecule has 0 unspecified atom stereocenters. The predicted octanol–water partition coefficient (Wildman–Crippen LogP) is 13.8. The zero-order chi connectivity index (χ0) is 31.6. The van der Waals surface area contributed by atoms with Crippen LogP contribution in [0.25, 0.3) is 74.4 Å². The second-order valence-corrected chi connectivity index (χ2v) is 13.6. The van der Waals surface area contributed by atoms with Gasteiger partial charge < -0.3 is 4.90 Å². The van der Waals surface area contributed by atoms with E-state index in [1.54, 1.807) is 0 Å². The first-order valence-corrected chi connectivity index (χ1v) is 17.2. The van der Waals surface area contributed by atoms with E-state index in [4.69, 9.17) is 0 Å². The summed E-state index contributed by atoms with van der Waals surface area (Å²) in [6, 6.07) is 64.5. The lowest BCUT2D eigenvalue weighted by Gasteiger charge is -2.26. The Hall–Kier alpha value is -5.96. The van der Waals surface area contributed by atoms with E-state index in [1.165, 1.54) is 74.4 Å². The Morgan fingerprint density at radius 1 is 0.354 bits per heavy atom. The first kappa shape index (κ1) is 27.2. The summed E-state index contributed by atoms with van der Waals surface area (Å²) in [4.78, 5) is 2.38. The molecule has 0 spiro atoms. The molecule has 0 aliphatic rings. The van der Waals surface area contributed by atoms with Crippen LogP contribution in [0.1, 0.15) is 0 Å². The highest BCUT2D eigenvalue weighted by molar-refractivity contribution is 7.26. The number of rotatable bonds is 4. The van der Waals surface area contributed by atoms with Gasteiger partial charge in [0.1, 0.15) is 0 Å². The Kier molecular flexibility index (Phi) is 6.12. The summed E-state index contributed by atoms with van der Waals surface area (Å²) in [6.45, 7) is 0. The maximum atomic E-state index is 2.38. The lowest BCUT2D eigenvalue weighted by Crippen LogP contribution is -2.09. The van der Waals surface area contributed by atoms with Crippen molar-refractivity contribution in [2.24, 2.45) is 0 Å². The fraction of sp³-hybridized carbons (Fsp3) is 0. The standard InChI is InChI=1S/C46H29NS/c1-2-12-34(13-3-1)47(36-25-20-32-22-27-41-39-16-8-9-17-44(39)48-46(41)43(32)29-36)35-23-18-31(19-24-35)42-28-33-11-5-6-14-37(33)40-26-21-30-10-4-7-15-38(30)45(40)42/h1-29H. The van der Waals surface area contributed by atoms with Gasteiger partial charge in [-0.3, -0.25) is 0 Å². The molecule has 1 heterocycles. The summed E-state index contributed by atoms with van der Waals surface area (Å²) in [5.41, 5.74) is 5.88. The van der Waals surface area contributed by atoms with Crippen LogP contribution < -0.4 is 4.90 Å². The molecule has 0 saturated carbocycles. The molecule has 0 aliphatic heterocycles. The molecule has 0 radical (unpaired) electrons. The van der Waals surface area contributed by atoms with Crippen LogP contribution in [0.4, 0.5) is 17.1 Å². The van der Waals surface area contributed by atoms with Crippen LogP contribution >= 0.6 is 11.3 Å². The average molecular weight is 628 g/mol. The van der Waals surface area contributed by atoms with Crippen molar-refractivity contribution in [2.45, 2.75) is 0 Å². The fourth-order valence-corrected chi connectivity index (χ4v) is 8.78. The van der Waals surface area contributed by atoms with Gasteiger partial charge >= 0.3 is 0 Å². The summed E-state index contributed by atoms with van der Waals surface area (Å²) < 4.78 is 2.67. The maximum Gasteiger partial charge on any atom is 0.0468 e. The number of benzene rings is 9. The summed E-state index contributed by atoms with van der Waals surface area (Å²) in [5.74, 6) is 0. The van der Waals surface area contributed by atoms with E-state index in [1.807, 2.05) is 11.3 Å². The molecule has 0 fully saturated rings. The van der Waals surface area contributed by atoms with Crippen LogP contribution in [-0.4, -0.2) is 0 Å². The van der Waals surface area contributed by atoms with E-state index in [-0.39, 0.29) is 0 Å². The van der Waals surface area contributed by atoms with Crippen molar-refractivity contribution in [2.75, 3.05) is 4.90 Å². The highest BCUT2D eigenvalue weighted by Gasteiger charge is 2.17. The molecule has 0 N–H and O–H groups in total. The van der Waals surface area contributed by atoms with Crippen LogP contribution in [0, 0.1) is 0 Å². The van der Waals surface area contributed by atoms with E-state index in [2.05, 4.69) is 181 Å². The Morgan fingerprint density at radius 2 is 0.958 bits per heavy atom. The third-order valence-corrected chi connectivity index (χ3v) is 11.0. The van der Waals surface area contributed by atoms with Crippen LogP contribution in [-0.2, 0) is 0 Å². The van der Waals surface area contributed by atoms with E-state index in [0.717, 1.165) is 17.1 Å². The molecule has 1 aromatic heterocycles. The summed E-state index contributed by atoms with van der Waals surface area (Å²) in [6.07, 6.45) is 0. The fourth-order valence-electron chi connectivity index (χ4n) is 7.55. The summed E-state index contributed by atoms with van der Waals surface area (Å²) >= 11 is 1.89. The van der Waals surface area contributed by atoms with Gasteiger partial charge in [0.2, 0.25) is 0 Å². The number of thiophene rings is 1. The monoisotopic (exact) mass is 627 g/mol. The largest absolute Gasteiger partial charge is 0.310 e. The van der Waals surface area contributed by atoms with Crippen LogP contribution in [0.3, 0.4) is 0 Å². The molecule has 9 aromatic carbocycles. The molecule has 0 saturated heterocycles. The number of hydrogen-bond acceptors (Lipinski definition) is 2. The minimum atomic E-state index is 1.13. The van der Waals surface area contributed by atoms with E-state index in [0.29, 0.717) is 0 Å². The molecule has 10 aromatic rings. The number of anilines is 3. The van der Waals surface area contributed by atoms with E-state index < -0.39 is 0 Å². The molecule has 0 atom stereocenters. The van der Waals surface area contributed by atoms with Crippen LogP contribution in [0.2, 0.25) is 0 Å². The van der Waals surface area contributed by atoms with Gasteiger partial charge in [-0.25, -0.2) is 0 Å². The van der Waals surface area contributed by atoms with Crippen molar-refractivity contribution >= 4 is 91.7 Å². The maximum absolute atomic E-state index is 2.38. The molecule has 48 heavy (non-hydrogen) atoms. The summed E-state index contributed by atoms with van der Waals surface area (Å²) in [5, 5.41) is 12.9. The second kappa shape index (κ2) is 10.8. The Bertz CT molecular complexity index is 2830. The highest BCUT2D eigenvalue weighted by atomic mass is 32.1. The van der Waals surface area contributed by atoms with Gasteiger partial charge in [0.15, 0.2) is 0 Å². The average Bonchev–Trinajstić information content (AvgIpc) is 3.54. The lowest BCUT2D eigenvalue weighted by atomic mass is 9.90. The number of para-hydroxylation sites is 1. The lowest BCUT2D eigenvalue weighted by molar-refractivity contribution is 1.29. The zero-order valence-electron chi connectivity index (χ0n) is 26.1. The molecular formula is C46H29NS. The van der Waals surface area contributed by atoms with Crippen molar-refractivity contribution in [1.29, 1.82) is 0 Å². The molecule has 224 valence electrons. The molecule has 0 amide bonds. The van der Waals surface area contributed by atoms with E-state index in [9.17, 15) is 0 Å². The van der Waals surface area contributed by atoms with Crippen molar-refractivity contribution in [3.8, 4) is 11.1 Å². The molecule has 2 heteroatoms. The molecule has 0 aliphatic carbocycles. The Balaban J connectivity index is 1.16. The van der Waals surface area contributed by atoms with Gasteiger partial charge in [0.05, 0.1) is 0 Å². The molecular weight excluding hydrogens is 599 g/mol. The van der Waals surface area contributed by atoms with Gasteiger partial charge in [0.25, 0.3) is 0 Å². The van der Waals surface area contributed by atoms with Gasteiger partial charge in [-0.1, -0.05) is 127 Å². The highest BCUT2D eigenvalue weighted by Crippen LogP contribution is 2.43. The van der Waals surface area contributed by atoms with Crippen molar-refractivity contribution in [1.82, 2.24) is 0 Å². The topological polar surface area (TPSA) is 3.24 Å². The van der Waals surface area contributed by atoms with Gasteiger partial charge in [-0.2, -0.15) is 0 Å². The first-order chi connectivity index (χ1) is 23.8. The van der Waals surface area contributed by atoms with Crippen molar-refractivity contribution < 1.29 is 0 Å². The predicted molar refractivity (Wildman–Crippen MR) is 209 cm³/mol. The number of fused-ring (bicyclic) bond motifs is 10. The van der Waals surface area contributed by atoms with Crippen molar-refractivity contribution in [3.63, 3.8) is 0 Å². The first-order valence-electron chi connectivity index (χ1n) is 16.4. The van der Waals surface area contributed by atoms with Crippen molar-refractivity contribution in [3.05, 3.63) is 176 Å². The molecule has 10 rings (SSSR count). The molecule has 1 nitrogen and oxygen atoms in total. The zero-order valence-corrected chi connectivity index (χ0v) is 26.9. The number of nitrogens with zero attached hydrogens (tertiary/aromatic N) is 1. The third kappa shape index (κ3) is 4.24. The minimum Gasteiger partial charge on any atom is -0.310 e. The van der Waals surface area contributed by atoms with Crippen LogP contribution in [0.5, 0.6) is 0 Å². The number of hydrogen-bond donors (Lipinski definition) is 0. The minimum absolute atomic E-state index is 1.13. The van der Waals surface area contributed by atoms with Gasteiger partial charge in [0, 0.05) is 42.6 Å². The normalized spacial score (nSPS) is 11.8. The Morgan fingerprint density at radius 3 is 1.79 bits per heavy atom. The van der Waals surface area contributed by atoms with Gasteiger partial charge in [-0.05, 0) is 97.4 Å². The third-order valence-electron chi connectivity index (χ3n) is 9.80. The smallest absolute Gasteiger partial charge is 0.0468 e. The Labute approximate surface area is 282 Å². The second-order valence-electron chi connectivity index (χ2n) is 12.5.